The third-order valence-electron chi connectivity index (χ3n) is 3.09. The minimum Gasteiger partial charge on any atom is -0.398 e. The molecule has 0 bridgehead atoms. The molecule has 2 aromatic rings. The normalized spacial score (nSPS) is 11.8. The number of hydrogen-bond acceptors (Lipinski definition) is 4. The minimum atomic E-state index is -3.66. The van der Waals surface area contributed by atoms with Crippen LogP contribution in [0, 0.1) is 6.92 Å². The largest absolute Gasteiger partial charge is 0.398 e. The van der Waals surface area contributed by atoms with Gasteiger partial charge in [-0.25, -0.2) is 8.42 Å². The molecular weight excluding hydrogens is 378 g/mol. The van der Waals surface area contributed by atoms with E-state index in [4.69, 9.17) is 17.3 Å². The highest BCUT2D eigenvalue weighted by molar-refractivity contribution is 9.10. The van der Waals surface area contributed by atoms with Crippen molar-refractivity contribution in [3.05, 3.63) is 39.1 Å². The number of anilines is 1. The van der Waals surface area contributed by atoms with Crippen LogP contribution in [0.2, 0.25) is 5.02 Å². The molecule has 1 heterocycles. The number of halogens is 2. The molecule has 0 aliphatic carbocycles. The number of nitrogens with two attached hydrogens (primary N) is 1. The van der Waals surface area contributed by atoms with E-state index in [0.29, 0.717) is 16.7 Å². The molecule has 2 N–H and O–H groups in total. The van der Waals surface area contributed by atoms with Gasteiger partial charge in [0.25, 0.3) is 0 Å². The molecule has 2 rings (SSSR count). The SMILES string of the molecule is CCn1nc(C)c(Br)c1CS(=O)(=O)c1c(N)cccc1Cl. The van der Waals surface area contributed by atoms with E-state index in [1.54, 1.807) is 10.7 Å². The van der Waals surface area contributed by atoms with Crippen molar-refractivity contribution in [3.63, 3.8) is 0 Å². The molecule has 5 nitrogen and oxygen atoms in total. The van der Waals surface area contributed by atoms with Crippen molar-refractivity contribution in [1.82, 2.24) is 9.78 Å². The predicted molar refractivity (Wildman–Crippen MR) is 87.1 cm³/mol. The Bertz CT molecular complexity index is 767. The Morgan fingerprint density at radius 1 is 1.43 bits per heavy atom. The molecule has 114 valence electrons. The molecule has 0 aliphatic heterocycles. The zero-order valence-corrected chi connectivity index (χ0v) is 14.8. The lowest BCUT2D eigenvalue weighted by atomic mass is 10.3. The molecule has 0 amide bonds. The van der Waals surface area contributed by atoms with Crippen LogP contribution in [0.4, 0.5) is 5.69 Å². The van der Waals surface area contributed by atoms with Crippen LogP contribution in [0.5, 0.6) is 0 Å². The van der Waals surface area contributed by atoms with Gasteiger partial charge in [0.1, 0.15) is 4.90 Å². The zero-order chi connectivity index (χ0) is 15.8. The van der Waals surface area contributed by atoms with Gasteiger partial charge in [-0.2, -0.15) is 5.10 Å². The second-order valence-corrected chi connectivity index (χ2v) is 7.71. The van der Waals surface area contributed by atoms with Crippen molar-refractivity contribution in [2.24, 2.45) is 0 Å². The molecule has 0 saturated heterocycles. The van der Waals surface area contributed by atoms with Gasteiger partial charge in [0.15, 0.2) is 9.84 Å². The van der Waals surface area contributed by atoms with Gasteiger partial charge >= 0.3 is 0 Å². The zero-order valence-electron chi connectivity index (χ0n) is 11.6. The molecule has 0 aliphatic rings. The van der Waals surface area contributed by atoms with Crippen molar-refractivity contribution in [2.75, 3.05) is 5.73 Å². The maximum atomic E-state index is 12.6. The molecule has 0 saturated carbocycles. The third kappa shape index (κ3) is 3.09. The Kier molecular flexibility index (Phi) is 4.65. The average Bonchev–Trinajstić information content (AvgIpc) is 2.65. The maximum Gasteiger partial charge on any atom is 0.187 e. The average molecular weight is 393 g/mol. The Morgan fingerprint density at radius 3 is 2.67 bits per heavy atom. The highest BCUT2D eigenvalue weighted by Crippen LogP contribution is 2.32. The van der Waals surface area contributed by atoms with Crippen LogP contribution in [0.3, 0.4) is 0 Å². The second-order valence-electron chi connectivity index (χ2n) is 4.58. The number of aromatic nitrogens is 2. The number of aryl methyl sites for hydroxylation is 2. The standard InChI is InChI=1S/C13H15BrClN3O2S/c1-3-18-11(12(14)8(2)17-18)7-21(19,20)13-9(15)5-4-6-10(13)16/h4-6H,3,7,16H2,1-2H3. The number of nitrogens with zero attached hydrogens (tertiary/aromatic N) is 2. The van der Waals surface area contributed by atoms with Gasteiger partial charge in [-0.15, -0.1) is 0 Å². The van der Waals surface area contributed by atoms with Crippen LogP contribution < -0.4 is 5.73 Å². The van der Waals surface area contributed by atoms with Gasteiger partial charge in [0, 0.05) is 6.54 Å². The van der Waals surface area contributed by atoms with E-state index in [1.807, 2.05) is 13.8 Å². The fourth-order valence-corrected chi connectivity index (χ4v) is 4.85. The third-order valence-corrected chi connectivity index (χ3v) is 6.28. The monoisotopic (exact) mass is 391 g/mol. The summed E-state index contributed by atoms with van der Waals surface area (Å²) in [5, 5.41) is 4.42. The summed E-state index contributed by atoms with van der Waals surface area (Å²) < 4.78 is 27.6. The van der Waals surface area contributed by atoms with Crippen LogP contribution in [-0.2, 0) is 22.1 Å². The summed E-state index contributed by atoms with van der Waals surface area (Å²) in [5.74, 6) is -0.212. The van der Waals surface area contributed by atoms with Crippen LogP contribution in [-0.4, -0.2) is 18.2 Å². The van der Waals surface area contributed by atoms with E-state index in [0.717, 1.165) is 5.69 Å². The van der Waals surface area contributed by atoms with E-state index in [9.17, 15) is 8.42 Å². The summed E-state index contributed by atoms with van der Waals surface area (Å²) in [4.78, 5) is -0.0277. The molecule has 0 radical (unpaired) electrons. The van der Waals surface area contributed by atoms with E-state index in [1.165, 1.54) is 12.1 Å². The van der Waals surface area contributed by atoms with Crippen molar-refractivity contribution in [1.29, 1.82) is 0 Å². The number of benzene rings is 1. The van der Waals surface area contributed by atoms with Crippen LogP contribution in [0.25, 0.3) is 0 Å². The molecular formula is C13H15BrClN3O2S. The highest BCUT2D eigenvalue weighted by atomic mass is 79.9. The molecule has 0 spiro atoms. The van der Waals surface area contributed by atoms with Gasteiger partial charge in [0.05, 0.1) is 32.3 Å². The summed E-state index contributed by atoms with van der Waals surface area (Å²) in [6.07, 6.45) is 0. The summed E-state index contributed by atoms with van der Waals surface area (Å²) in [5.41, 5.74) is 7.26. The number of rotatable bonds is 4. The summed E-state index contributed by atoms with van der Waals surface area (Å²) in [6, 6.07) is 4.66. The summed E-state index contributed by atoms with van der Waals surface area (Å²) in [6.45, 7) is 4.30. The quantitative estimate of drug-likeness (QED) is 0.811. The summed E-state index contributed by atoms with van der Waals surface area (Å²) >= 11 is 9.40. The number of hydrogen-bond donors (Lipinski definition) is 1. The fourth-order valence-electron chi connectivity index (χ4n) is 2.11. The Labute approximate surface area is 137 Å². The maximum absolute atomic E-state index is 12.6. The predicted octanol–water partition coefficient (Wildman–Crippen LogP) is 3.18. The van der Waals surface area contributed by atoms with Gasteiger partial charge < -0.3 is 5.73 Å². The first kappa shape index (κ1) is 16.3. The first-order valence-corrected chi connectivity index (χ1v) is 9.08. The Morgan fingerprint density at radius 2 is 2.10 bits per heavy atom. The molecule has 8 heteroatoms. The fraction of sp³-hybridized carbons (Fsp3) is 0.308. The smallest absolute Gasteiger partial charge is 0.187 e. The van der Waals surface area contributed by atoms with E-state index >= 15 is 0 Å². The lowest BCUT2D eigenvalue weighted by Crippen LogP contribution is -2.13. The number of sulfone groups is 1. The van der Waals surface area contributed by atoms with E-state index in [2.05, 4.69) is 21.0 Å². The van der Waals surface area contributed by atoms with Crippen LogP contribution in [0.1, 0.15) is 18.3 Å². The highest BCUT2D eigenvalue weighted by Gasteiger charge is 2.25. The summed E-state index contributed by atoms with van der Waals surface area (Å²) in [7, 11) is -3.66. The van der Waals surface area contributed by atoms with E-state index < -0.39 is 9.84 Å². The molecule has 0 unspecified atom stereocenters. The molecule has 0 atom stereocenters. The van der Waals surface area contributed by atoms with Crippen molar-refractivity contribution >= 4 is 43.1 Å². The minimum absolute atomic E-state index is 0.0277. The lowest BCUT2D eigenvalue weighted by molar-refractivity contribution is 0.586. The first-order chi connectivity index (χ1) is 9.77. The number of nitrogen functional groups attached to an aromatic ring is 1. The Balaban J connectivity index is 2.53. The lowest BCUT2D eigenvalue weighted by Gasteiger charge is -2.10. The van der Waals surface area contributed by atoms with Gasteiger partial charge in [0.2, 0.25) is 0 Å². The second kappa shape index (κ2) is 5.98. The van der Waals surface area contributed by atoms with Crippen molar-refractivity contribution in [3.8, 4) is 0 Å². The van der Waals surface area contributed by atoms with Crippen molar-refractivity contribution < 1.29 is 8.42 Å². The first-order valence-electron chi connectivity index (χ1n) is 6.26. The van der Waals surface area contributed by atoms with Gasteiger partial charge in [-0.05, 0) is 41.9 Å². The molecule has 21 heavy (non-hydrogen) atoms. The Hall–Kier alpha value is -1.05. The van der Waals surface area contributed by atoms with Crippen LogP contribution >= 0.6 is 27.5 Å². The van der Waals surface area contributed by atoms with Gasteiger partial charge in [-0.3, -0.25) is 4.68 Å². The topological polar surface area (TPSA) is 78.0 Å². The van der Waals surface area contributed by atoms with Crippen LogP contribution in [0.15, 0.2) is 27.6 Å². The molecule has 1 aromatic heterocycles. The van der Waals surface area contributed by atoms with E-state index in [-0.39, 0.29) is 21.4 Å². The molecule has 1 aromatic carbocycles. The van der Waals surface area contributed by atoms with Crippen molar-refractivity contribution in [2.45, 2.75) is 31.0 Å². The van der Waals surface area contributed by atoms with Gasteiger partial charge in [-0.1, -0.05) is 17.7 Å². The molecule has 0 fully saturated rings.